The minimum atomic E-state index is -0.0896. The smallest absolute Gasteiger partial charge is 0.281 e. The summed E-state index contributed by atoms with van der Waals surface area (Å²) in [6.07, 6.45) is 0. The quantitative estimate of drug-likeness (QED) is 0.722. The molecule has 4 heterocycles. The van der Waals surface area contributed by atoms with Crippen LogP contribution in [-0.2, 0) is 18.3 Å². The number of nitrogens with zero attached hydrogens (tertiary/aromatic N) is 6. The van der Waals surface area contributed by atoms with Crippen molar-refractivity contribution in [3.63, 3.8) is 0 Å². The van der Waals surface area contributed by atoms with Crippen molar-refractivity contribution in [2.24, 2.45) is 7.05 Å². The highest BCUT2D eigenvalue weighted by Crippen LogP contribution is 2.22. The van der Waals surface area contributed by atoms with Crippen LogP contribution in [0.15, 0.2) is 4.79 Å². The maximum Gasteiger partial charge on any atom is 0.281 e. The largest absolute Gasteiger partial charge is 0.378 e. The van der Waals surface area contributed by atoms with Gasteiger partial charge in [0, 0.05) is 46.3 Å². The second-order valence-corrected chi connectivity index (χ2v) is 6.71. The van der Waals surface area contributed by atoms with Crippen LogP contribution >= 0.6 is 0 Å². The fraction of sp³-hybridized carbons (Fsp3) is 0.611. The van der Waals surface area contributed by atoms with Gasteiger partial charge in [0.05, 0.1) is 19.8 Å². The van der Waals surface area contributed by atoms with Gasteiger partial charge in [-0.25, -0.2) is 0 Å². The number of ether oxygens (including phenoxy) is 1. The Morgan fingerprint density at radius 2 is 1.74 bits per heavy atom. The van der Waals surface area contributed by atoms with Crippen molar-refractivity contribution in [2.75, 3.05) is 62.3 Å². The molecule has 0 atom stereocenters. The summed E-state index contributed by atoms with van der Waals surface area (Å²) in [4.78, 5) is 27.0. The van der Waals surface area contributed by atoms with Gasteiger partial charge in [-0.1, -0.05) is 5.92 Å². The average Bonchev–Trinajstić information content (AvgIpc) is 3.09. The van der Waals surface area contributed by atoms with Gasteiger partial charge in [0.1, 0.15) is 0 Å². The van der Waals surface area contributed by atoms with Crippen LogP contribution < -0.4 is 20.7 Å². The monoisotopic (exact) mass is 371 g/mol. The van der Waals surface area contributed by atoms with Gasteiger partial charge < -0.3 is 19.9 Å². The molecule has 0 spiro atoms. The molecule has 0 aromatic carbocycles. The molecule has 2 aliphatic rings. The molecule has 9 nitrogen and oxygen atoms in total. The first-order valence-electron chi connectivity index (χ1n) is 9.36. The standard InChI is InChI=1S/C18H25N7O2/c1-3-4-7-25-14-15(21-18(25)23-8-5-19-6-9-23)20-17(22(2)16(14)26)24-10-12-27-13-11-24/h19H,5-13H2,1-2H3. The minimum Gasteiger partial charge on any atom is -0.378 e. The Labute approximate surface area is 157 Å². The number of anilines is 2. The maximum absolute atomic E-state index is 13.2. The molecule has 0 saturated carbocycles. The summed E-state index contributed by atoms with van der Waals surface area (Å²) in [5.74, 6) is 7.41. The number of imidazole rings is 1. The van der Waals surface area contributed by atoms with Crippen LogP contribution in [0.3, 0.4) is 0 Å². The third kappa shape index (κ3) is 3.26. The second kappa shape index (κ2) is 7.58. The van der Waals surface area contributed by atoms with E-state index in [1.54, 1.807) is 18.5 Å². The molecule has 0 amide bonds. The van der Waals surface area contributed by atoms with Crippen LogP contribution in [-0.4, -0.2) is 71.6 Å². The van der Waals surface area contributed by atoms with Crippen molar-refractivity contribution in [1.82, 2.24) is 24.4 Å². The van der Waals surface area contributed by atoms with E-state index in [1.807, 2.05) is 4.57 Å². The Kier molecular flexibility index (Phi) is 5.01. The Bertz CT molecular complexity index is 940. The van der Waals surface area contributed by atoms with E-state index >= 15 is 0 Å². The number of aromatic nitrogens is 4. The number of morpholine rings is 1. The highest BCUT2D eigenvalue weighted by atomic mass is 16.5. The SMILES string of the molecule is CC#CCn1c(N2CCNCC2)nc2nc(N3CCOCC3)n(C)c(=O)c21. The third-order valence-corrected chi connectivity index (χ3v) is 5.05. The number of piperazine rings is 1. The van der Waals surface area contributed by atoms with E-state index < -0.39 is 0 Å². The fourth-order valence-corrected chi connectivity index (χ4v) is 3.60. The van der Waals surface area contributed by atoms with Gasteiger partial charge in [0.25, 0.3) is 5.56 Å². The minimum absolute atomic E-state index is 0.0896. The molecular formula is C18H25N7O2. The first kappa shape index (κ1) is 17.8. The van der Waals surface area contributed by atoms with E-state index in [0.717, 1.165) is 45.2 Å². The molecule has 27 heavy (non-hydrogen) atoms. The molecule has 0 radical (unpaired) electrons. The summed E-state index contributed by atoms with van der Waals surface area (Å²) in [5.41, 5.74) is 0.921. The predicted molar refractivity (Wildman–Crippen MR) is 104 cm³/mol. The van der Waals surface area contributed by atoms with Gasteiger partial charge in [-0.3, -0.25) is 13.9 Å². The number of hydrogen-bond donors (Lipinski definition) is 1. The van der Waals surface area contributed by atoms with Crippen LogP contribution in [0.25, 0.3) is 11.2 Å². The van der Waals surface area contributed by atoms with Gasteiger partial charge in [-0.05, 0) is 6.92 Å². The number of hydrogen-bond acceptors (Lipinski definition) is 7. The third-order valence-electron chi connectivity index (χ3n) is 5.05. The summed E-state index contributed by atoms with van der Waals surface area (Å²) in [5, 5.41) is 3.35. The van der Waals surface area contributed by atoms with Crippen molar-refractivity contribution in [1.29, 1.82) is 0 Å². The van der Waals surface area contributed by atoms with E-state index in [2.05, 4.69) is 27.0 Å². The molecule has 2 aromatic heterocycles. The van der Waals surface area contributed by atoms with E-state index in [0.29, 0.717) is 36.9 Å². The molecule has 1 N–H and O–H groups in total. The van der Waals surface area contributed by atoms with Crippen LogP contribution in [0.2, 0.25) is 0 Å². The lowest BCUT2D eigenvalue weighted by Gasteiger charge is -2.28. The topological polar surface area (TPSA) is 80.5 Å². The summed E-state index contributed by atoms with van der Waals surface area (Å²) < 4.78 is 8.95. The molecule has 2 aliphatic heterocycles. The average molecular weight is 371 g/mol. The molecule has 2 aromatic rings. The summed E-state index contributed by atoms with van der Waals surface area (Å²) in [6.45, 7) is 8.44. The van der Waals surface area contributed by atoms with E-state index in [1.165, 1.54) is 0 Å². The number of rotatable bonds is 3. The molecular weight excluding hydrogens is 346 g/mol. The normalized spacial score (nSPS) is 17.9. The van der Waals surface area contributed by atoms with E-state index in [-0.39, 0.29) is 5.56 Å². The zero-order valence-corrected chi connectivity index (χ0v) is 15.9. The van der Waals surface area contributed by atoms with E-state index in [4.69, 9.17) is 14.7 Å². The highest BCUT2D eigenvalue weighted by molar-refractivity contribution is 5.76. The fourth-order valence-electron chi connectivity index (χ4n) is 3.60. The van der Waals surface area contributed by atoms with Gasteiger partial charge in [0.2, 0.25) is 11.9 Å². The van der Waals surface area contributed by atoms with Crippen molar-refractivity contribution < 1.29 is 4.74 Å². The Morgan fingerprint density at radius 3 is 2.44 bits per heavy atom. The van der Waals surface area contributed by atoms with Crippen LogP contribution in [0.4, 0.5) is 11.9 Å². The first-order chi connectivity index (χ1) is 13.2. The summed E-state index contributed by atoms with van der Waals surface area (Å²) >= 11 is 0. The van der Waals surface area contributed by atoms with Gasteiger partial charge in [0.15, 0.2) is 11.2 Å². The molecule has 0 bridgehead atoms. The van der Waals surface area contributed by atoms with Gasteiger partial charge in [-0.2, -0.15) is 9.97 Å². The predicted octanol–water partition coefficient (Wildman–Crippen LogP) is -0.600. The Hall–Kier alpha value is -2.57. The first-order valence-corrected chi connectivity index (χ1v) is 9.36. The second-order valence-electron chi connectivity index (χ2n) is 6.71. The zero-order chi connectivity index (χ0) is 18.8. The van der Waals surface area contributed by atoms with Crippen molar-refractivity contribution >= 4 is 23.1 Å². The van der Waals surface area contributed by atoms with Gasteiger partial charge in [-0.15, -0.1) is 5.92 Å². The van der Waals surface area contributed by atoms with Crippen LogP contribution in [0, 0.1) is 11.8 Å². The molecule has 2 fully saturated rings. The lowest BCUT2D eigenvalue weighted by molar-refractivity contribution is 0.121. The molecule has 144 valence electrons. The summed E-state index contributed by atoms with van der Waals surface area (Å²) in [7, 11) is 1.77. The zero-order valence-electron chi connectivity index (χ0n) is 15.9. The van der Waals surface area contributed by atoms with Gasteiger partial charge >= 0.3 is 0 Å². The molecule has 0 aliphatic carbocycles. The Balaban J connectivity index is 1.86. The van der Waals surface area contributed by atoms with E-state index in [9.17, 15) is 4.79 Å². The van der Waals surface area contributed by atoms with Crippen molar-refractivity contribution in [3.05, 3.63) is 10.4 Å². The molecule has 0 unspecified atom stereocenters. The van der Waals surface area contributed by atoms with Crippen LogP contribution in [0.5, 0.6) is 0 Å². The van der Waals surface area contributed by atoms with Crippen molar-refractivity contribution in [2.45, 2.75) is 13.5 Å². The maximum atomic E-state index is 13.2. The summed E-state index contributed by atoms with van der Waals surface area (Å²) in [6, 6.07) is 0. The number of fused-ring (bicyclic) bond motifs is 1. The highest BCUT2D eigenvalue weighted by Gasteiger charge is 2.24. The number of nitrogens with one attached hydrogen (secondary N) is 1. The molecule has 2 saturated heterocycles. The molecule has 4 rings (SSSR count). The Morgan fingerprint density at radius 1 is 1.07 bits per heavy atom. The molecule has 9 heteroatoms. The lowest BCUT2D eigenvalue weighted by atomic mass is 10.4. The van der Waals surface area contributed by atoms with Crippen molar-refractivity contribution in [3.8, 4) is 11.8 Å². The van der Waals surface area contributed by atoms with Crippen LogP contribution in [0.1, 0.15) is 6.92 Å². The lowest BCUT2D eigenvalue weighted by Crippen LogP contribution is -2.44.